The summed E-state index contributed by atoms with van der Waals surface area (Å²) in [6.45, 7) is 20.5. The maximum absolute atomic E-state index is 14.4. The van der Waals surface area contributed by atoms with Crippen molar-refractivity contribution in [3.63, 3.8) is 0 Å². The van der Waals surface area contributed by atoms with Crippen molar-refractivity contribution < 1.29 is 136 Å². The quantitative estimate of drug-likeness (QED) is 0.0329. The van der Waals surface area contributed by atoms with Gasteiger partial charge in [0.2, 0.25) is 0 Å². The van der Waals surface area contributed by atoms with E-state index in [-0.39, 0.29) is 99.9 Å². The Kier molecular flexibility index (Phi) is 44.7. The minimum Gasteiger partial charge on any atom is -0.458 e. The lowest BCUT2D eigenvalue weighted by atomic mass is 9.78. The zero-order valence-electron chi connectivity index (χ0n) is 74.7. The number of hydrogen-bond donors (Lipinski definition) is 8. The van der Waals surface area contributed by atoms with Gasteiger partial charge >= 0.3 is 11.9 Å². The molecule has 4 bridgehead atoms. The molecule has 7 rings (SSSR count). The van der Waals surface area contributed by atoms with Gasteiger partial charge in [-0.15, -0.1) is 0 Å². The van der Waals surface area contributed by atoms with Crippen LogP contribution >= 0.6 is 0 Å². The van der Waals surface area contributed by atoms with Crippen LogP contribution in [0.3, 0.4) is 0 Å². The molecule has 4 fully saturated rings. The number of hydrogen-bond acceptors (Lipinski definition) is 28. The van der Waals surface area contributed by atoms with E-state index in [9.17, 15) is 50.4 Å². The van der Waals surface area contributed by atoms with E-state index in [1.165, 1.54) is 40.6 Å². The van der Waals surface area contributed by atoms with E-state index < -0.39 is 182 Å². The molecule has 686 valence electrons. The molecule has 0 aromatic rings. The molecule has 7 aliphatic rings. The topological polar surface area (TPSA) is 362 Å². The van der Waals surface area contributed by atoms with Gasteiger partial charge < -0.3 is 126 Å². The number of carbonyl (C=O) groups is 2. The monoisotopic (exact) mass is 1700 g/mol. The number of carbonyl (C=O) groups excluding carboxylic acids is 2. The maximum Gasteiger partial charge on any atom is 0.331 e. The van der Waals surface area contributed by atoms with Crippen molar-refractivity contribution in [3.05, 3.63) is 71.9 Å². The third-order valence-electron chi connectivity index (χ3n) is 26.2. The van der Waals surface area contributed by atoms with Crippen LogP contribution < -0.4 is 0 Å². The summed E-state index contributed by atoms with van der Waals surface area (Å²) in [6.07, 6.45) is 6.46. The number of esters is 2. The van der Waals surface area contributed by atoms with Gasteiger partial charge in [-0.25, -0.2) is 9.59 Å². The maximum atomic E-state index is 14.4. The number of aliphatic hydroxyl groups excluding tert-OH is 8. The Bertz CT molecular complexity index is 3080. The molecule has 0 unspecified atom stereocenters. The number of cyclic esters (lactones) is 2. The highest BCUT2D eigenvalue weighted by Gasteiger charge is 2.47. The smallest absolute Gasteiger partial charge is 0.331 e. The second-order valence-corrected chi connectivity index (χ2v) is 35.4. The summed E-state index contributed by atoms with van der Waals surface area (Å²) in [5.74, 6) is -5.50. The molecule has 0 saturated carbocycles. The summed E-state index contributed by atoms with van der Waals surface area (Å²) in [6, 6.07) is 0. The van der Waals surface area contributed by atoms with E-state index in [0.717, 1.165) is 25.7 Å². The fourth-order valence-electron chi connectivity index (χ4n) is 18.5. The fourth-order valence-corrected chi connectivity index (χ4v) is 18.5. The Morgan fingerprint density at radius 3 is 1.21 bits per heavy atom. The Labute approximate surface area is 709 Å². The second-order valence-electron chi connectivity index (χ2n) is 35.4. The number of methoxy groups -OCH3 is 8. The Balaban J connectivity index is 1.19. The predicted octanol–water partition coefficient (Wildman–Crippen LogP) is 9.41. The predicted molar refractivity (Wildman–Crippen MR) is 445 cm³/mol. The van der Waals surface area contributed by atoms with Crippen LogP contribution in [0.1, 0.15) is 198 Å². The van der Waals surface area contributed by atoms with Crippen molar-refractivity contribution in [2.24, 2.45) is 41.4 Å². The van der Waals surface area contributed by atoms with E-state index in [2.05, 4.69) is 0 Å². The summed E-state index contributed by atoms with van der Waals surface area (Å²) in [7, 11) is 12.5. The van der Waals surface area contributed by atoms with Gasteiger partial charge in [-0.3, -0.25) is 0 Å². The molecule has 0 amide bonds. The van der Waals surface area contributed by atoms with Crippen LogP contribution in [0, 0.1) is 41.4 Å². The van der Waals surface area contributed by atoms with Gasteiger partial charge in [0.15, 0.2) is 12.6 Å². The minimum absolute atomic E-state index is 0.0181. The van der Waals surface area contributed by atoms with Crippen LogP contribution in [-0.4, -0.2) is 306 Å². The largest absolute Gasteiger partial charge is 0.458 e. The normalized spacial score (nSPS) is 40.4. The van der Waals surface area contributed by atoms with Crippen LogP contribution in [0.15, 0.2) is 71.9 Å². The molecule has 7 heterocycles. The number of allylic oxidation sites excluding steroid dienone is 4. The Morgan fingerprint density at radius 2 is 0.807 bits per heavy atom. The highest BCUT2D eigenvalue weighted by Crippen LogP contribution is 2.38. The fraction of sp³-hybridized carbons (Fsp3) is 0.846. The molecular weight excluding hydrogens is 1540 g/mol. The van der Waals surface area contributed by atoms with Gasteiger partial charge in [0.05, 0.1) is 135 Å². The lowest BCUT2D eigenvalue weighted by Gasteiger charge is -2.40. The first-order valence-electron chi connectivity index (χ1n) is 44.0. The molecule has 7 aliphatic heterocycles. The number of ether oxygens (including phenoxy) is 18. The van der Waals surface area contributed by atoms with E-state index >= 15 is 0 Å². The van der Waals surface area contributed by atoms with Crippen LogP contribution in [0.2, 0.25) is 0 Å². The number of rotatable bonds is 24. The molecule has 37 atom stereocenters. The molecule has 0 spiro atoms. The second kappa shape index (κ2) is 51.9. The van der Waals surface area contributed by atoms with Gasteiger partial charge in [-0.05, 0) is 136 Å². The molecule has 0 aliphatic carbocycles. The van der Waals surface area contributed by atoms with Crippen molar-refractivity contribution >= 4 is 11.9 Å². The molecule has 119 heavy (non-hydrogen) atoms. The zero-order chi connectivity index (χ0) is 87.3. The lowest BCUT2D eigenvalue weighted by molar-refractivity contribution is -0.293. The van der Waals surface area contributed by atoms with Crippen LogP contribution in [-0.2, 0) is 94.9 Å². The Hall–Kier alpha value is -3.58. The molecule has 0 aromatic heterocycles. The SMILES string of the molecule is CO[C@@H]1C[C@H](O)C[C@H](O)[C@H](C)[C@@H]([C@@H](C)[C@H](O)[C@@H](C)CC[C@H]2C[C@H](OC)C[C@H](C)O2)OC(=O)C=CC(C)=CC[C@H](O[C@H]2OC[C@H](O)[C@@H](OC)[C@H]2OC)C[C@@H]2C=CC[C@@H](C[C@H](OC)[C@H](C)[C@H](O)C[C@H](O)[C@H](C)[C@@H]([C@@H](C)[C@H](O)[C@@H](C)CC[C@H]3C[C@H](OC)C[C@H](C)O3)OC(=O)C=CC(C)=CC[C@H](O[C@H]3OC[C@H](O)[C@@H](OC)[C@H]3OC)C[C@@H]3C=CC[C@@H](C1)O3)O2. The molecule has 28 nitrogen and oxygen atoms in total. The van der Waals surface area contributed by atoms with Gasteiger partial charge in [0.1, 0.15) is 48.8 Å². The average Bonchev–Trinajstić information content (AvgIpc) is 0.892. The average molecular weight is 1700 g/mol. The highest BCUT2D eigenvalue weighted by atomic mass is 16.7. The molecule has 8 N–H and O–H groups in total. The summed E-state index contributed by atoms with van der Waals surface area (Å²) >= 11 is 0. The van der Waals surface area contributed by atoms with E-state index in [4.69, 9.17) is 85.3 Å². The minimum atomic E-state index is -1.23. The molecule has 28 heteroatoms. The summed E-state index contributed by atoms with van der Waals surface area (Å²) < 4.78 is 111. The van der Waals surface area contributed by atoms with Crippen molar-refractivity contribution in [2.45, 2.75) is 382 Å². The van der Waals surface area contributed by atoms with Crippen molar-refractivity contribution in [1.82, 2.24) is 0 Å². The van der Waals surface area contributed by atoms with Gasteiger partial charge in [0.25, 0.3) is 0 Å². The number of aliphatic hydroxyl groups is 8. The first kappa shape index (κ1) is 102. The summed E-state index contributed by atoms with van der Waals surface area (Å²) in [5, 5.41) is 95.0. The Morgan fingerprint density at radius 1 is 0.412 bits per heavy atom. The first-order chi connectivity index (χ1) is 56.7. The van der Waals surface area contributed by atoms with Gasteiger partial charge in [-0.1, -0.05) is 108 Å². The lowest BCUT2D eigenvalue weighted by Crippen LogP contribution is -2.56. The molecule has 4 saturated heterocycles. The van der Waals surface area contributed by atoms with Gasteiger partial charge in [-0.2, -0.15) is 0 Å². The van der Waals surface area contributed by atoms with E-state index in [1.807, 2.05) is 98.8 Å². The highest BCUT2D eigenvalue weighted by molar-refractivity contribution is 5.83. The van der Waals surface area contributed by atoms with Crippen LogP contribution in [0.25, 0.3) is 0 Å². The van der Waals surface area contributed by atoms with Gasteiger partial charge in [0, 0.05) is 124 Å². The van der Waals surface area contributed by atoms with Crippen LogP contribution in [0.5, 0.6) is 0 Å². The zero-order valence-corrected chi connectivity index (χ0v) is 74.7. The third-order valence-corrected chi connectivity index (χ3v) is 26.2. The summed E-state index contributed by atoms with van der Waals surface area (Å²) in [5.41, 5.74) is 1.34. The molecule has 0 radical (unpaired) electrons. The summed E-state index contributed by atoms with van der Waals surface area (Å²) in [4.78, 5) is 28.8. The molecular formula is C91H154O28. The van der Waals surface area contributed by atoms with E-state index in [1.54, 1.807) is 54.4 Å². The van der Waals surface area contributed by atoms with Crippen molar-refractivity contribution in [1.29, 1.82) is 0 Å². The first-order valence-corrected chi connectivity index (χ1v) is 44.0. The van der Waals surface area contributed by atoms with Crippen molar-refractivity contribution in [2.75, 3.05) is 70.1 Å². The van der Waals surface area contributed by atoms with E-state index in [0.29, 0.717) is 75.4 Å². The third kappa shape index (κ3) is 32.0. The van der Waals surface area contributed by atoms with Crippen LogP contribution in [0.4, 0.5) is 0 Å². The number of fused-ring (bicyclic) bond motifs is 4. The van der Waals surface area contributed by atoms with Crippen molar-refractivity contribution in [3.8, 4) is 0 Å². The molecule has 0 aromatic carbocycles. The standard InChI is InChI=1S/C91H154O28/c1-51-26-32-69(116-90-88(108-18)86(106-16)77(96)49-110-90)42-63-22-20-24-65(114-63)44-73(104-14)40-62(92)41-74(93)58(8)84(60(10)82(100)53(3)30-34-67-45-71(102-12)38-55(5)112-67)118-80(98)36-28-52(2)27-33-70(117-91-89(109-19)87(107-17)78(97)50-111-91)43-64-23-21-25-66(115-64)47-79(105-15)57(7)75(94)48-76(95)59(9)85(119-81(99)37-29-51)61(11)83(101)54(4)31-35-68-46-72(103-13)39-56(6)113-68/h20-23,26-29,36-37,53-79,82-97,100-101H,24-25,30-35,38-50H2,1-19H3/t53-,54-,55-,56-,57+,58-,59-,60-,61-,62-,63-,64-,65-,66-,67-,68-,69-,70-,71+,72+,73+,74-,75+,76-,77-,78-,79-,82+,83+,84-,85-,86+,87+,88+,89+,90+,91+/m0/s1.